The third-order valence-corrected chi connectivity index (χ3v) is 20.3. The number of fused-ring (bicyclic) bond motifs is 18. The van der Waals surface area contributed by atoms with Crippen LogP contribution in [0, 0.1) is 71.0 Å². The second kappa shape index (κ2) is 26.9. The van der Waals surface area contributed by atoms with Crippen molar-refractivity contribution in [1.82, 2.24) is 0 Å². The van der Waals surface area contributed by atoms with Gasteiger partial charge in [0.1, 0.15) is 11.5 Å². The molecular weight excluding hydrogens is 1360 g/mol. The van der Waals surface area contributed by atoms with Crippen molar-refractivity contribution < 1.29 is 104 Å². The molecule has 4 aliphatic carbocycles. The van der Waals surface area contributed by atoms with Crippen molar-refractivity contribution in [3.8, 4) is 11.5 Å². The van der Waals surface area contributed by atoms with E-state index in [4.69, 9.17) is 41.9 Å². The maximum absolute atomic E-state index is 11.9. The van der Waals surface area contributed by atoms with E-state index in [1.54, 1.807) is 72.8 Å². The number of rotatable bonds is 5. The van der Waals surface area contributed by atoms with Crippen LogP contribution in [-0.4, -0.2) is 76.7 Å². The Morgan fingerprint density at radius 3 is 1.08 bits per heavy atom. The molecule has 6 saturated heterocycles. The van der Waals surface area contributed by atoms with Crippen LogP contribution in [0.2, 0.25) is 0 Å². The Kier molecular flexibility index (Phi) is 18.0. The minimum absolute atomic E-state index is 0.00484. The molecule has 102 heavy (non-hydrogen) atoms. The number of nitrogens with two attached hydrogens (primary N) is 4. The van der Waals surface area contributed by atoms with Crippen LogP contribution < -0.4 is 50.2 Å². The van der Waals surface area contributed by atoms with Gasteiger partial charge in [-0.15, -0.1) is 0 Å². The van der Waals surface area contributed by atoms with Crippen LogP contribution in [0.15, 0.2) is 166 Å². The number of furan rings is 2. The smallest absolute Gasteiger partial charge is 0.346 e. The lowest BCUT2D eigenvalue weighted by Gasteiger charge is -2.33. The Balaban J connectivity index is 0.000000110. The van der Waals surface area contributed by atoms with Crippen LogP contribution >= 0.6 is 11.8 Å². The first-order chi connectivity index (χ1) is 48.7. The normalized spacial score (nSPS) is 26.8. The van der Waals surface area contributed by atoms with Crippen molar-refractivity contribution in [2.24, 2.45) is 71.0 Å². The zero-order valence-electron chi connectivity index (χ0n) is 52.4. The van der Waals surface area contributed by atoms with Gasteiger partial charge in [0, 0.05) is 33.2 Å². The second-order valence-corrected chi connectivity index (χ2v) is 26.2. The summed E-state index contributed by atoms with van der Waals surface area (Å²) >= 11 is 1.18. The van der Waals surface area contributed by atoms with Crippen LogP contribution in [0.1, 0.15) is 59.0 Å². The molecule has 0 spiro atoms. The SMILES string of the molecule is Nc1ccc(Oc2ccc(N)cc2)cc1.Nc1ccc(SC(=O)c2ccc(N)cc2)cc1.O=C1CC(C2CC3C(=O)OC(=O)C3c3ccccc32)C(=O)O1.O=C1OC(=O)C2C1C1C(=O)OC(=O)C21.O=C1OC(=O)C2CC1C1C3CC(C(=O)OC3=O)C21.O=c1oc(=O)c2cc3c(=O)oc(=O)c3cc12. The molecule has 0 radical (unpaired) electrons. The van der Waals surface area contributed by atoms with E-state index in [1.165, 1.54) is 11.8 Å². The predicted octanol–water partition coefficient (Wildman–Crippen LogP) is 4.26. The number of ether oxygens (including phenoxy) is 7. The molecule has 30 nitrogen and oxygen atoms in total. The monoisotopic (exact) mass is 1410 g/mol. The lowest BCUT2D eigenvalue weighted by Crippen LogP contribution is -2.50. The van der Waals surface area contributed by atoms with Crippen LogP contribution in [0.5, 0.6) is 11.5 Å². The summed E-state index contributed by atoms with van der Waals surface area (Å²) in [7, 11) is 0. The maximum atomic E-state index is 11.9. The number of benzene rings is 6. The fourth-order valence-electron chi connectivity index (χ4n) is 14.7. The molecule has 9 fully saturated rings. The number of hydrogen-bond donors (Lipinski definition) is 4. The Hall–Kier alpha value is -12.5. The van der Waals surface area contributed by atoms with Crippen molar-refractivity contribution in [2.45, 2.75) is 42.4 Å². The molecule has 0 amide bonds. The molecule has 8 aromatic rings. The Labute approximate surface area is 574 Å². The van der Waals surface area contributed by atoms with E-state index in [0.717, 1.165) is 45.5 Å². The van der Waals surface area contributed by atoms with Gasteiger partial charge < -0.3 is 64.9 Å². The quantitative estimate of drug-likeness (QED) is 0.0467. The van der Waals surface area contributed by atoms with E-state index in [2.05, 4.69) is 23.0 Å². The minimum Gasteiger partial charge on any atom is -0.457 e. The fraction of sp³-hybridized carbons (Fsp3) is 0.254. The van der Waals surface area contributed by atoms with Gasteiger partial charge in [0.2, 0.25) is 5.12 Å². The van der Waals surface area contributed by atoms with Crippen LogP contribution in [0.25, 0.3) is 21.5 Å². The molecule has 8 unspecified atom stereocenters. The van der Waals surface area contributed by atoms with E-state index in [1.807, 2.05) is 48.5 Å². The number of anilines is 4. The van der Waals surface area contributed by atoms with Crippen molar-refractivity contribution in [3.63, 3.8) is 0 Å². The topological polar surface area (TPSA) is 485 Å². The van der Waals surface area contributed by atoms with E-state index >= 15 is 0 Å². The molecule has 18 rings (SSSR count). The highest BCUT2D eigenvalue weighted by Gasteiger charge is 2.73. The Morgan fingerprint density at radius 2 is 0.686 bits per heavy atom. The van der Waals surface area contributed by atoms with Crippen LogP contribution in [0.3, 0.4) is 0 Å². The second-order valence-electron chi connectivity index (χ2n) is 25.1. The molecule has 4 bridgehead atoms. The number of hydrogen-bond acceptors (Lipinski definition) is 31. The summed E-state index contributed by atoms with van der Waals surface area (Å²) in [5.41, 5.74) is 23.9. The lowest BCUT2D eigenvalue weighted by molar-refractivity contribution is -0.174. The number of carbonyl (C=O) groups is 13. The Morgan fingerprint density at radius 1 is 0.353 bits per heavy atom. The van der Waals surface area contributed by atoms with Gasteiger partial charge in [0.25, 0.3) is 0 Å². The average Bonchev–Trinajstić information content (AvgIpc) is 1.57. The van der Waals surface area contributed by atoms with E-state index in [0.29, 0.717) is 41.8 Å². The number of esters is 12. The molecule has 8 heterocycles. The van der Waals surface area contributed by atoms with Gasteiger partial charge in [-0.3, -0.25) is 62.3 Å². The molecule has 2 aromatic heterocycles. The summed E-state index contributed by atoms with van der Waals surface area (Å²) in [6.45, 7) is 0. The number of cyclic esters (lactones) is 12. The summed E-state index contributed by atoms with van der Waals surface area (Å²) in [6, 6.07) is 38.1. The molecule has 8 N–H and O–H groups in total. The summed E-state index contributed by atoms with van der Waals surface area (Å²) in [4.78, 5) is 196. The van der Waals surface area contributed by atoms with Gasteiger partial charge in [0.05, 0.1) is 93.1 Å². The van der Waals surface area contributed by atoms with Crippen molar-refractivity contribution in [2.75, 3.05) is 22.9 Å². The fourth-order valence-corrected chi connectivity index (χ4v) is 15.5. The standard InChI is InChI=1S/C16H12O6.C13H12N2OS.C12H12N2O.C12H10O6.C10H2O6.C8H4O6/c17-12-6-10(14(18)21-12)9-5-11-13(16(20)22-15(11)19)8-4-2-1-3-7(8)9;14-10-3-1-9(2-4-10)13(16)17-12-7-5-11(15)6-8-12;13-9-1-5-11(6-2-9)15-12-7-3-10(14)4-8-12;13-9-3-1-4(10(14)17-9)8-6-2-5(7(3)8)11(15)18-12(6)16;11-7-3-1-4-6(10(14)16-8(4)12)2-5(3)9(13)15-7;9-5-1-2(6(10)13-5)4-3(1)7(11)14-8(4)12/h1-4,9-11,13H,5-6H2;1-8H,14-15H2;1-8H,13-14H2;3-8H,1-2H2;1-2H;1-4H. The highest BCUT2D eigenvalue weighted by molar-refractivity contribution is 8.14. The molecule has 10 aliphatic rings. The molecule has 518 valence electrons. The molecule has 31 heteroatoms. The number of carbonyl (C=O) groups excluding carboxylic acids is 13. The largest absolute Gasteiger partial charge is 0.457 e. The van der Waals surface area contributed by atoms with Crippen LogP contribution in [0.4, 0.5) is 22.7 Å². The first-order valence-corrected chi connectivity index (χ1v) is 32.2. The van der Waals surface area contributed by atoms with Gasteiger partial charge in [-0.2, -0.15) is 0 Å². The average molecular weight is 1410 g/mol. The predicted molar refractivity (Wildman–Crippen MR) is 346 cm³/mol. The van der Waals surface area contributed by atoms with Crippen molar-refractivity contribution in [3.05, 3.63) is 192 Å². The summed E-state index contributed by atoms with van der Waals surface area (Å²) < 4.78 is 41.8. The highest BCUT2D eigenvalue weighted by atomic mass is 32.2. The first kappa shape index (κ1) is 68.0. The molecule has 3 saturated carbocycles. The number of thioether (sulfide) groups is 1. The maximum Gasteiger partial charge on any atom is 0.346 e. The molecule has 6 aliphatic heterocycles. The lowest BCUT2D eigenvalue weighted by atomic mass is 9.59. The molecular formula is C71H52N4O26S. The minimum atomic E-state index is -0.824. The third-order valence-electron chi connectivity index (χ3n) is 19.4. The highest BCUT2D eigenvalue weighted by Crippen LogP contribution is 2.61. The van der Waals surface area contributed by atoms with Gasteiger partial charge in [-0.25, -0.2) is 19.2 Å². The van der Waals surface area contributed by atoms with Gasteiger partial charge in [-0.1, -0.05) is 24.3 Å². The first-order valence-electron chi connectivity index (χ1n) is 31.4. The summed E-state index contributed by atoms with van der Waals surface area (Å²) in [5, 5.41) is -0.0774. The van der Waals surface area contributed by atoms with Crippen molar-refractivity contribution in [1.29, 1.82) is 0 Å². The summed E-state index contributed by atoms with van der Waals surface area (Å²) in [5.74, 6) is -13.2. The van der Waals surface area contributed by atoms with Gasteiger partial charge in [0.15, 0.2) is 0 Å². The van der Waals surface area contributed by atoms with Gasteiger partial charge in [-0.05, 0) is 169 Å². The van der Waals surface area contributed by atoms with E-state index in [-0.39, 0.29) is 50.8 Å². The zero-order chi connectivity index (χ0) is 72.4. The Bertz CT molecular complexity index is 4780. The molecule has 6 aromatic carbocycles. The number of nitrogen functional groups attached to an aromatic ring is 4. The molecule has 8 atom stereocenters. The summed E-state index contributed by atoms with van der Waals surface area (Å²) in [6.07, 6.45) is 1.17. The van der Waals surface area contributed by atoms with Crippen LogP contribution in [-0.2, 0) is 86.0 Å². The van der Waals surface area contributed by atoms with E-state index < -0.39 is 159 Å². The zero-order valence-corrected chi connectivity index (χ0v) is 53.3. The third kappa shape index (κ3) is 12.7. The van der Waals surface area contributed by atoms with Crippen molar-refractivity contribution >= 4 is 133 Å². The van der Waals surface area contributed by atoms with Gasteiger partial charge >= 0.3 is 94.1 Å². The van der Waals surface area contributed by atoms with E-state index in [9.17, 15) is 81.5 Å².